The average Bonchev–Trinajstić information content (AvgIpc) is 3.28. The van der Waals surface area contributed by atoms with Crippen molar-refractivity contribution in [3.05, 3.63) is 77.3 Å². The molecule has 5 rings (SSSR count). The van der Waals surface area contributed by atoms with E-state index in [4.69, 9.17) is 0 Å². The molecular weight excluding hydrogens is 348 g/mol. The van der Waals surface area contributed by atoms with Crippen LogP contribution in [-0.4, -0.2) is 29.1 Å². The molecule has 3 heteroatoms. The first-order valence-electron chi connectivity index (χ1n) is 9.70. The van der Waals surface area contributed by atoms with Crippen molar-refractivity contribution in [2.75, 3.05) is 19.6 Å². The van der Waals surface area contributed by atoms with Gasteiger partial charge in [-0.1, -0.05) is 42.5 Å². The van der Waals surface area contributed by atoms with Crippen LogP contribution in [0.15, 0.2) is 66.2 Å². The molecule has 2 aromatic heterocycles. The van der Waals surface area contributed by atoms with Crippen LogP contribution in [0.1, 0.15) is 17.5 Å². The highest BCUT2D eigenvalue weighted by atomic mass is 32.1. The van der Waals surface area contributed by atoms with Gasteiger partial charge in [-0.05, 0) is 46.9 Å². The summed E-state index contributed by atoms with van der Waals surface area (Å²) in [6, 6.07) is 17.5. The van der Waals surface area contributed by atoms with E-state index in [9.17, 15) is 0 Å². The number of hydrogen-bond acceptors (Lipinski definition) is 2. The Hall–Kier alpha value is -2.36. The SMILES string of the molecule is Cn1cc(C2=CCN(CCc3csc4ccccc34)CC2)c2ccccc21. The lowest BCUT2D eigenvalue weighted by Gasteiger charge is -2.26. The summed E-state index contributed by atoms with van der Waals surface area (Å²) in [5.41, 5.74) is 5.74. The predicted octanol–water partition coefficient (Wildman–Crippen LogP) is 5.72. The fraction of sp³-hybridized carbons (Fsp3) is 0.250. The third-order valence-corrected chi connectivity index (χ3v) is 6.81. The Bertz CT molecular complexity index is 1130. The summed E-state index contributed by atoms with van der Waals surface area (Å²) in [4.78, 5) is 2.58. The van der Waals surface area contributed by atoms with Gasteiger partial charge in [0.15, 0.2) is 0 Å². The number of aromatic nitrogens is 1. The summed E-state index contributed by atoms with van der Waals surface area (Å²) in [5, 5.41) is 5.15. The maximum atomic E-state index is 2.58. The van der Waals surface area contributed by atoms with E-state index in [-0.39, 0.29) is 0 Å². The van der Waals surface area contributed by atoms with Gasteiger partial charge in [0.25, 0.3) is 0 Å². The number of benzene rings is 2. The van der Waals surface area contributed by atoms with Gasteiger partial charge in [0.2, 0.25) is 0 Å². The minimum absolute atomic E-state index is 1.06. The Kier molecular flexibility index (Phi) is 4.35. The van der Waals surface area contributed by atoms with Crippen LogP contribution in [0.5, 0.6) is 0 Å². The zero-order valence-corrected chi connectivity index (χ0v) is 16.5. The summed E-state index contributed by atoms with van der Waals surface area (Å²) in [6.45, 7) is 3.35. The zero-order valence-electron chi connectivity index (χ0n) is 15.7. The quantitative estimate of drug-likeness (QED) is 0.444. The Labute approximate surface area is 164 Å². The molecule has 0 bridgehead atoms. The number of thiophene rings is 1. The lowest BCUT2D eigenvalue weighted by molar-refractivity contribution is 0.306. The number of para-hydroxylation sites is 1. The number of aryl methyl sites for hydroxylation is 1. The first kappa shape index (κ1) is 16.8. The molecule has 1 aliphatic heterocycles. The monoisotopic (exact) mass is 372 g/mol. The molecule has 0 N–H and O–H groups in total. The maximum Gasteiger partial charge on any atom is 0.0484 e. The molecule has 0 atom stereocenters. The second-order valence-corrected chi connectivity index (χ2v) is 8.37. The highest BCUT2D eigenvalue weighted by Crippen LogP contribution is 2.31. The van der Waals surface area contributed by atoms with Gasteiger partial charge in [0.05, 0.1) is 0 Å². The number of nitrogens with zero attached hydrogens (tertiary/aromatic N) is 2. The van der Waals surface area contributed by atoms with Crippen molar-refractivity contribution < 1.29 is 0 Å². The van der Waals surface area contributed by atoms with E-state index in [0.29, 0.717) is 0 Å². The molecule has 3 heterocycles. The van der Waals surface area contributed by atoms with Gasteiger partial charge in [0, 0.05) is 54.0 Å². The van der Waals surface area contributed by atoms with Gasteiger partial charge in [-0.3, -0.25) is 4.90 Å². The van der Waals surface area contributed by atoms with Crippen molar-refractivity contribution in [2.45, 2.75) is 12.8 Å². The standard InChI is InChI=1S/C24H24N2S/c1-25-16-22(21-7-2-4-8-23(21)25)18-10-13-26(14-11-18)15-12-19-17-27-24-9-5-3-6-20(19)24/h2-10,16-17H,11-15H2,1H3. The molecule has 0 fully saturated rings. The number of hydrogen-bond donors (Lipinski definition) is 0. The van der Waals surface area contributed by atoms with E-state index < -0.39 is 0 Å². The summed E-state index contributed by atoms with van der Waals surface area (Å²) in [6.07, 6.45) is 7.01. The zero-order chi connectivity index (χ0) is 18.2. The number of rotatable bonds is 4. The smallest absolute Gasteiger partial charge is 0.0484 e. The van der Waals surface area contributed by atoms with Crippen LogP contribution in [0, 0.1) is 0 Å². The molecule has 0 saturated heterocycles. The fourth-order valence-corrected chi connectivity index (χ4v) is 5.26. The Morgan fingerprint density at radius 1 is 1.00 bits per heavy atom. The second kappa shape index (κ2) is 6.99. The molecule has 27 heavy (non-hydrogen) atoms. The van der Waals surface area contributed by atoms with Crippen LogP contribution in [0.2, 0.25) is 0 Å². The molecule has 1 aliphatic rings. The summed E-state index contributed by atoms with van der Waals surface area (Å²) >= 11 is 1.87. The molecule has 2 nitrogen and oxygen atoms in total. The second-order valence-electron chi connectivity index (χ2n) is 7.46. The molecule has 0 radical (unpaired) electrons. The van der Waals surface area contributed by atoms with Crippen LogP contribution in [0.25, 0.3) is 26.6 Å². The number of fused-ring (bicyclic) bond motifs is 2. The Morgan fingerprint density at radius 3 is 2.67 bits per heavy atom. The lowest BCUT2D eigenvalue weighted by Crippen LogP contribution is -2.30. The third-order valence-electron chi connectivity index (χ3n) is 5.79. The van der Waals surface area contributed by atoms with Crippen LogP contribution in [-0.2, 0) is 13.5 Å². The van der Waals surface area contributed by atoms with Crippen LogP contribution in [0.4, 0.5) is 0 Å². The Morgan fingerprint density at radius 2 is 1.81 bits per heavy atom. The highest BCUT2D eigenvalue weighted by molar-refractivity contribution is 7.17. The molecule has 136 valence electrons. The topological polar surface area (TPSA) is 8.17 Å². The molecule has 0 saturated carbocycles. The van der Waals surface area contributed by atoms with Gasteiger partial charge in [-0.15, -0.1) is 11.3 Å². The third kappa shape index (κ3) is 3.11. The van der Waals surface area contributed by atoms with Crippen LogP contribution < -0.4 is 0 Å². The fourth-order valence-electron chi connectivity index (χ4n) is 4.26. The predicted molar refractivity (Wildman–Crippen MR) is 117 cm³/mol. The molecule has 0 aliphatic carbocycles. The average molecular weight is 373 g/mol. The van der Waals surface area contributed by atoms with E-state index in [0.717, 1.165) is 32.5 Å². The molecule has 2 aromatic carbocycles. The van der Waals surface area contributed by atoms with E-state index in [2.05, 4.69) is 82.7 Å². The lowest BCUT2D eigenvalue weighted by atomic mass is 9.98. The van der Waals surface area contributed by atoms with E-state index >= 15 is 0 Å². The van der Waals surface area contributed by atoms with Crippen molar-refractivity contribution in [2.24, 2.45) is 7.05 Å². The summed E-state index contributed by atoms with van der Waals surface area (Å²) in [7, 11) is 2.15. The van der Waals surface area contributed by atoms with Crippen molar-refractivity contribution in [1.29, 1.82) is 0 Å². The van der Waals surface area contributed by atoms with Crippen molar-refractivity contribution in [3.63, 3.8) is 0 Å². The van der Waals surface area contributed by atoms with Gasteiger partial charge >= 0.3 is 0 Å². The molecule has 4 aromatic rings. The first-order chi connectivity index (χ1) is 13.3. The van der Waals surface area contributed by atoms with Gasteiger partial charge in [-0.25, -0.2) is 0 Å². The van der Waals surface area contributed by atoms with Crippen molar-refractivity contribution >= 4 is 37.9 Å². The minimum Gasteiger partial charge on any atom is -0.350 e. The minimum atomic E-state index is 1.06. The normalized spacial score (nSPS) is 15.5. The van der Waals surface area contributed by atoms with E-state index in [1.165, 1.54) is 37.7 Å². The molecule has 0 amide bonds. The largest absolute Gasteiger partial charge is 0.350 e. The van der Waals surface area contributed by atoms with Crippen molar-refractivity contribution in [3.8, 4) is 0 Å². The summed E-state index contributed by atoms with van der Waals surface area (Å²) in [5.74, 6) is 0. The maximum absolute atomic E-state index is 2.58. The van der Waals surface area contributed by atoms with Gasteiger partial charge < -0.3 is 4.57 Å². The van der Waals surface area contributed by atoms with Crippen LogP contribution in [0.3, 0.4) is 0 Å². The van der Waals surface area contributed by atoms with E-state index in [1.807, 2.05) is 11.3 Å². The first-order valence-corrected chi connectivity index (χ1v) is 10.6. The van der Waals surface area contributed by atoms with E-state index in [1.54, 1.807) is 0 Å². The van der Waals surface area contributed by atoms with Gasteiger partial charge in [-0.2, -0.15) is 0 Å². The molecular formula is C24H24N2S. The van der Waals surface area contributed by atoms with Crippen molar-refractivity contribution in [1.82, 2.24) is 9.47 Å². The Balaban J connectivity index is 1.30. The van der Waals surface area contributed by atoms with Crippen LogP contribution >= 0.6 is 11.3 Å². The highest BCUT2D eigenvalue weighted by Gasteiger charge is 2.16. The molecule has 0 spiro atoms. The molecule has 0 unspecified atom stereocenters. The van der Waals surface area contributed by atoms with Gasteiger partial charge in [0.1, 0.15) is 0 Å². The summed E-state index contributed by atoms with van der Waals surface area (Å²) < 4.78 is 3.66.